The molecule has 1 aliphatic heterocycles. The van der Waals surface area contributed by atoms with Crippen LogP contribution >= 0.6 is 11.8 Å². The van der Waals surface area contributed by atoms with Crippen molar-refractivity contribution in [3.05, 3.63) is 12.2 Å². The number of amides is 11. The van der Waals surface area contributed by atoms with Crippen LogP contribution in [0, 0.1) is 35.5 Å². The lowest BCUT2D eigenvalue weighted by Crippen LogP contribution is -2.64. The van der Waals surface area contributed by atoms with Gasteiger partial charge in [-0.15, -0.1) is 11.8 Å². The number of rotatable bonds is 20. The molecule has 26 heteroatoms. The number of aliphatic hydroxyl groups is 2. The molecule has 25 nitrogen and oxygen atoms in total. The third kappa shape index (κ3) is 23.2. The Hall–Kier alpha value is -5.86. The van der Waals surface area contributed by atoms with Gasteiger partial charge in [0.25, 0.3) is 5.91 Å². The molecule has 1 aliphatic carbocycles. The van der Waals surface area contributed by atoms with Gasteiger partial charge in [-0.1, -0.05) is 102 Å². The number of hydrogen-bond donors (Lipinski definition) is 7. The summed E-state index contributed by atoms with van der Waals surface area (Å²) >= 11 is 1.15. The van der Waals surface area contributed by atoms with Crippen molar-refractivity contribution in [3.8, 4) is 0 Å². The Kier molecular flexibility index (Phi) is 33.2. The average molecular weight is 1350 g/mol. The maximum Gasteiger partial charge on any atom is 0.256 e. The van der Waals surface area contributed by atoms with Crippen LogP contribution in [0.2, 0.25) is 0 Å². The highest BCUT2D eigenvalue weighted by atomic mass is 32.2. The molecule has 0 spiro atoms. The van der Waals surface area contributed by atoms with E-state index < -0.39 is 160 Å². The Morgan fingerprint density at radius 2 is 1.00 bits per heavy atom. The zero-order chi connectivity index (χ0) is 72.5. The van der Waals surface area contributed by atoms with Crippen molar-refractivity contribution in [3.63, 3.8) is 0 Å². The second kappa shape index (κ2) is 37.0. The first kappa shape index (κ1) is 84.2. The van der Waals surface area contributed by atoms with E-state index in [0.29, 0.717) is 12.3 Å². The summed E-state index contributed by atoms with van der Waals surface area (Å²) in [6.07, 6.45) is 3.92. The first-order valence-electron chi connectivity index (χ1n) is 33.8. The SMILES string of the molecule is C/C=C/C[C@@H](C)[C@@H](O)C1C(=O)N[C@@H](CC)C(=O)N(C)[C@H](SCC2(NCC)CC2)C(=O)N(C)[C@@H](CC(C)(C)O)C(=O)N[C@@H](C(C)C)C(=O)N(C)[C@@H](CC(C)C)C(=O)N[C@@H](C)C(=O)N[C@H](C)C(=O)N(C)[C@@H](CC(C)C)C(=O)N(C)[C@@H](CC(C)C)C(=O)N(C)[C@@H](C(C)C)C(=O)N1C. The maximum atomic E-state index is 15.4. The minimum atomic E-state index is -1.66. The second-order valence-corrected chi connectivity index (χ2v) is 30.2. The molecule has 1 saturated carbocycles. The molecule has 2 fully saturated rings. The Labute approximate surface area is 566 Å². The van der Waals surface area contributed by atoms with Gasteiger partial charge in [0.15, 0.2) is 5.37 Å². The van der Waals surface area contributed by atoms with E-state index in [1.54, 1.807) is 54.5 Å². The van der Waals surface area contributed by atoms with Crippen LogP contribution in [0.5, 0.6) is 0 Å². The molecule has 0 aromatic heterocycles. The van der Waals surface area contributed by atoms with E-state index in [0.717, 1.165) is 34.4 Å². The van der Waals surface area contributed by atoms with E-state index in [4.69, 9.17) is 0 Å². The van der Waals surface area contributed by atoms with Crippen molar-refractivity contribution in [2.45, 2.75) is 259 Å². The number of likely N-dealkylation sites (N-methyl/N-ethyl adjacent to an activating group) is 7. The summed E-state index contributed by atoms with van der Waals surface area (Å²) in [5.74, 6) is -9.94. The van der Waals surface area contributed by atoms with Gasteiger partial charge >= 0.3 is 0 Å². The standard InChI is InChI=1S/C68H122N12O13S/c1-26-29-30-43(14)54(81)53-58(85)72-46(27-2)60(87)80(25)66(94-37-68(31-32-68)69-28-3)65(92)77(22)50(36-67(17,18)93)57(84)73-51(41(10)11)63(90)74(19)47(33-38(4)5)56(83)70-44(15)55(82)71-45(16)59(86)75(20)48(34-39(6)7)61(88)76(21)49(35-40(8)9)62(89)78(23)52(42(12)13)64(91)79(53)24/h26,29,38-54,66,69,81,93H,27-28,30-37H2,1-25H3,(H,70,83)(H,71,82)(H,72,85)(H,73,84)/b29-26+/t43-,44+,45-,46+,47+,48+,49+,50+,51+,52+,53?,54-,66-/m1/s1. The summed E-state index contributed by atoms with van der Waals surface area (Å²) in [7, 11) is 9.88. The van der Waals surface area contributed by atoms with Gasteiger partial charge < -0.3 is 71.1 Å². The largest absolute Gasteiger partial charge is 0.390 e. The number of nitrogens with zero attached hydrogens (tertiary/aromatic N) is 7. The Morgan fingerprint density at radius 1 is 0.543 bits per heavy atom. The Bertz CT molecular complexity index is 2630. The highest BCUT2D eigenvalue weighted by molar-refractivity contribution is 8.00. The number of carbonyl (C=O) groups excluding carboxylic acids is 11. The molecule has 2 rings (SSSR count). The van der Waals surface area contributed by atoms with Crippen LogP contribution in [0.3, 0.4) is 0 Å². The van der Waals surface area contributed by atoms with Crippen molar-refractivity contribution >= 4 is 76.7 Å². The molecule has 11 amide bonds. The fourth-order valence-corrected chi connectivity index (χ4v) is 13.5. The fraction of sp³-hybridized carbons (Fsp3) is 0.809. The predicted molar refractivity (Wildman–Crippen MR) is 367 cm³/mol. The number of allylic oxidation sites excluding steroid dienone is 2. The van der Waals surface area contributed by atoms with E-state index in [-0.39, 0.29) is 61.8 Å². The molecule has 1 heterocycles. The molecule has 2 aliphatic rings. The fourth-order valence-electron chi connectivity index (χ4n) is 12.0. The van der Waals surface area contributed by atoms with Crippen molar-refractivity contribution in [1.82, 2.24) is 60.9 Å². The molecule has 538 valence electrons. The molecular weight excluding hydrogens is 1220 g/mol. The zero-order valence-corrected chi connectivity index (χ0v) is 62.4. The van der Waals surface area contributed by atoms with Crippen LogP contribution < -0.4 is 26.6 Å². The predicted octanol–water partition coefficient (Wildman–Crippen LogP) is 3.59. The van der Waals surface area contributed by atoms with Crippen molar-refractivity contribution in [1.29, 1.82) is 0 Å². The van der Waals surface area contributed by atoms with Gasteiger partial charge in [0.2, 0.25) is 59.1 Å². The minimum absolute atomic E-state index is 0.0286. The third-order valence-electron chi connectivity index (χ3n) is 18.1. The first-order chi connectivity index (χ1) is 43.4. The third-order valence-corrected chi connectivity index (χ3v) is 19.7. The molecule has 94 heavy (non-hydrogen) atoms. The normalized spacial score (nSPS) is 27.6. The van der Waals surface area contributed by atoms with Crippen LogP contribution in [0.4, 0.5) is 0 Å². The van der Waals surface area contributed by atoms with Gasteiger partial charge in [-0.25, -0.2) is 0 Å². The van der Waals surface area contributed by atoms with Crippen LogP contribution in [0.1, 0.15) is 176 Å². The summed E-state index contributed by atoms with van der Waals surface area (Å²) in [5, 5.41) is 36.9. The van der Waals surface area contributed by atoms with Crippen LogP contribution in [-0.2, 0) is 52.7 Å². The average Bonchev–Trinajstić information content (AvgIpc) is 1.40. The van der Waals surface area contributed by atoms with E-state index >= 15 is 28.8 Å². The molecule has 13 atom stereocenters. The number of nitrogens with one attached hydrogen (secondary N) is 5. The van der Waals surface area contributed by atoms with E-state index in [9.17, 15) is 34.2 Å². The van der Waals surface area contributed by atoms with Crippen molar-refractivity contribution in [2.75, 3.05) is 61.6 Å². The molecular formula is C68H122N12O13S. The smallest absolute Gasteiger partial charge is 0.256 e. The lowest BCUT2D eigenvalue weighted by Gasteiger charge is -2.41. The van der Waals surface area contributed by atoms with Crippen LogP contribution in [0.15, 0.2) is 12.2 Å². The Balaban J connectivity index is 3.14. The van der Waals surface area contributed by atoms with Gasteiger partial charge in [-0.05, 0) is 122 Å². The molecule has 1 saturated heterocycles. The van der Waals surface area contributed by atoms with Crippen molar-refractivity contribution < 1.29 is 63.0 Å². The number of thioether (sulfide) groups is 1. The van der Waals surface area contributed by atoms with Gasteiger partial charge in [-0.3, -0.25) is 52.7 Å². The van der Waals surface area contributed by atoms with E-state index in [2.05, 4.69) is 26.6 Å². The van der Waals surface area contributed by atoms with Crippen LogP contribution in [0.25, 0.3) is 0 Å². The lowest BCUT2D eigenvalue weighted by atomic mass is 9.91. The van der Waals surface area contributed by atoms with Crippen molar-refractivity contribution in [2.24, 2.45) is 35.5 Å². The number of aliphatic hydroxyl groups excluding tert-OH is 1. The van der Waals surface area contributed by atoms with Gasteiger partial charge in [-0.2, -0.15) is 0 Å². The van der Waals surface area contributed by atoms with Gasteiger partial charge in [0, 0.05) is 67.0 Å². The first-order valence-corrected chi connectivity index (χ1v) is 34.9. The molecule has 0 bridgehead atoms. The van der Waals surface area contributed by atoms with Gasteiger partial charge in [0.05, 0.1) is 11.7 Å². The quantitative estimate of drug-likeness (QED) is 0.0857. The molecule has 0 radical (unpaired) electrons. The second-order valence-electron chi connectivity index (χ2n) is 29.2. The van der Waals surface area contributed by atoms with E-state index in [1.165, 1.54) is 102 Å². The minimum Gasteiger partial charge on any atom is -0.390 e. The Morgan fingerprint density at radius 3 is 1.46 bits per heavy atom. The van der Waals surface area contributed by atoms with Crippen LogP contribution in [-0.4, -0.2) is 254 Å². The summed E-state index contributed by atoms with van der Waals surface area (Å²) in [6, 6.07) is -13.1. The lowest BCUT2D eigenvalue weighted by molar-refractivity contribution is -0.157. The highest BCUT2D eigenvalue weighted by Crippen LogP contribution is 2.40. The summed E-state index contributed by atoms with van der Waals surface area (Å²) < 4.78 is 0. The summed E-state index contributed by atoms with van der Waals surface area (Å²) in [6.45, 7) is 31.5. The summed E-state index contributed by atoms with van der Waals surface area (Å²) in [5.41, 5.74) is -1.95. The zero-order valence-electron chi connectivity index (χ0n) is 61.5. The molecule has 0 aromatic rings. The van der Waals surface area contributed by atoms with Gasteiger partial charge in [0.1, 0.15) is 60.4 Å². The number of hydrogen-bond acceptors (Lipinski definition) is 15. The molecule has 1 unspecified atom stereocenters. The highest BCUT2D eigenvalue weighted by Gasteiger charge is 2.48. The molecule has 7 N–H and O–H groups in total. The van der Waals surface area contributed by atoms with E-state index in [1.807, 2.05) is 54.5 Å². The molecule has 0 aromatic carbocycles. The number of carbonyl (C=O) groups is 11. The monoisotopic (exact) mass is 1350 g/mol. The summed E-state index contributed by atoms with van der Waals surface area (Å²) in [4.78, 5) is 173. The maximum absolute atomic E-state index is 15.4. The topological polar surface area (TPSA) is 311 Å².